The summed E-state index contributed by atoms with van der Waals surface area (Å²) in [7, 11) is 1.70. The van der Waals surface area contributed by atoms with Gasteiger partial charge in [0.05, 0.1) is 12.7 Å². The number of aliphatic hydroxyl groups is 1. The summed E-state index contributed by atoms with van der Waals surface area (Å²) in [5, 5.41) is 14.7. The first kappa shape index (κ1) is 17.1. The second-order valence-corrected chi connectivity index (χ2v) is 7.38. The molecule has 2 fully saturated rings. The van der Waals surface area contributed by atoms with Crippen molar-refractivity contribution < 1.29 is 9.84 Å². The van der Waals surface area contributed by atoms with Gasteiger partial charge in [-0.1, -0.05) is 12.8 Å². The number of anilines is 1. The number of methoxy groups -OCH3 is 1. The first-order chi connectivity index (χ1) is 11.3. The van der Waals surface area contributed by atoms with Crippen LogP contribution in [-0.2, 0) is 11.2 Å². The van der Waals surface area contributed by atoms with Crippen molar-refractivity contribution in [2.45, 2.75) is 63.1 Å². The molecular formula is C16H28N4O2S. The Balaban J connectivity index is 1.44. The van der Waals surface area contributed by atoms with Crippen LogP contribution in [0.4, 0.5) is 5.13 Å². The number of likely N-dealkylation sites (tertiary alicyclic amines) is 1. The molecule has 2 aliphatic rings. The van der Waals surface area contributed by atoms with Crippen LogP contribution in [0.2, 0.25) is 0 Å². The van der Waals surface area contributed by atoms with Crippen molar-refractivity contribution in [1.82, 2.24) is 14.3 Å². The van der Waals surface area contributed by atoms with E-state index in [0.717, 1.165) is 56.1 Å². The molecule has 6 nitrogen and oxygen atoms in total. The predicted octanol–water partition coefficient (Wildman–Crippen LogP) is 1.91. The minimum Gasteiger partial charge on any atom is -0.391 e. The number of piperidine rings is 1. The fourth-order valence-electron chi connectivity index (χ4n) is 3.68. The molecule has 7 heteroatoms. The molecule has 1 aliphatic heterocycles. The Kier molecular flexibility index (Phi) is 6.21. The summed E-state index contributed by atoms with van der Waals surface area (Å²) >= 11 is 1.44. The van der Waals surface area contributed by atoms with Crippen molar-refractivity contribution in [3.63, 3.8) is 0 Å². The average molecular weight is 340 g/mol. The second-order valence-electron chi connectivity index (χ2n) is 6.63. The van der Waals surface area contributed by atoms with Gasteiger partial charge >= 0.3 is 0 Å². The summed E-state index contributed by atoms with van der Waals surface area (Å²) in [6.07, 6.45) is 7.42. The maximum atomic E-state index is 10.2. The fraction of sp³-hybridized carbons (Fsp3) is 0.875. The van der Waals surface area contributed by atoms with Crippen LogP contribution in [0.1, 0.15) is 44.3 Å². The van der Waals surface area contributed by atoms with E-state index in [0.29, 0.717) is 18.7 Å². The lowest BCUT2D eigenvalue weighted by molar-refractivity contribution is 0.00993. The molecule has 1 saturated carbocycles. The van der Waals surface area contributed by atoms with E-state index >= 15 is 0 Å². The van der Waals surface area contributed by atoms with Crippen molar-refractivity contribution in [2.24, 2.45) is 0 Å². The topological polar surface area (TPSA) is 70.5 Å². The van der Waals surface area contributed by atoms with Gasteiger partial charge in [0.25, 0.3) is 0 Å². The monoisotopic (exact) mass is 340 g/mol. The molecule has 1 aromatic heterocycles. The van der Waals surface area contributed by atoms with Crippen molar-refractivity contribution in [2.75, 3.05) is 32.1 Å². The molecule has 0 amide bonds. The summed E-state index contributed by atoms with van der Waals surface area (Å²) in [6, 6.07) is 0.849. The lowest BCUT2D eigenvalue weighted by Gasteiger charge is -2.41. The molecule has 1 aromatic rings. The van der Waals surface area contributed by atoms with E-state index in [-0.39, 0.29) is 6.10 Å². The SMILES string of the molecule is COCCc1nsc(NC2CCN(C3CCCCC3O)CC2)n1. The van der Waals surface area contributed by atoms with Gasteiger partial charge in [-0.05, 0) is 25.7 Å². The first-order valence-electron chi connectivity index (χ1n) is 8.76. The molecule has 0 radical (unpaired) electrons. The smallest absolute Gasteiger partial charge is 0.202 e. The standard InChI is InChI=1S/C16H28N4O2S/c1-22-11-8-15-18-16(23-19-15)17-12-6-9-20(10-7-12)13-4-2-3-5-14(13)21/h12-14,21H,2-11H2,1H3,(H,17,18,19). The zero-order valence-electron chi connectivity index (χ0n) is 13.9. The van der Waals surface area contributed by atoms with Crippen LogP contribution in [-0.4, -0.2) is 64.4 Å². The van der Waals surface area contributed by atoms with Crippen molar-refractivity contribution in [3.05, 3.63) is 5.82 Å². The highest BCUT2D eigenvalue weighted by atomic mass is 32.1. The van der Waals surface area contributed by atoms with Crippen LogP contribution < -0.4 is 5.32 Å². The zero-order chi connectivity index (χ0) is 16.1. The molecular weight excluding hydrogens is 312 g/mol. The summed E-state index contributed by atoms with van der Waals surface area (Å²) in [5.41, 5.74) is 0. The fourth-order valence-corrected chi connectivity index (χ4v) is 4.36. The molecule has 0 aromatic carbocycles. The molecule has 23 heavy (non-hydrogen) atoms. The van der Waals surface area contributed by atoms with Crippen LogP contribution in [0.5, 0.6) is 0 Å². The maximum Gasteiger partial charge on any atom is 0.202 e. The summed E-state index contributed by atoms with van der Waals surface area (Å²) < 4.78 is 9.42. The number of nitrogens with zero attached hydrogens (tertiary/aromatic N) is 3. The zero-order valence-corrected chi connectivity index (χ0v) is 14.7. The van der Waals surface area contributed by atoms with Crippen LogP contribution in [0.15, 0.2) is 0 Å². The maximum absolute atomic E-state index is 10.2. The van der Waals surface area contributed by atoms with Gasteiger partial charge in [0.2, 0.25) is 5.13 Å². The highest BCUT2D eigenvalue weighted by molar-refractivity contribution is 7.09. The molecule has 2 atom stereocenters. The normalized spacial score (nSPS) is 27.2. The van der Waals surface area contributed by atoms with E-state index in [9.17, 15) is 5.11 Å². The molecule has 2 N–H and O–H groups in total. The largest absolute Gasteiger partial charge is 0.391 e. The van der Waals surface area contributed by atoms with Crippen LogP contribution in [0, 0.1) is 0 Å². The third-order valence-electron chi connectivity index (χ3n) is 5.02. The van der Waals surface area contributed by atoms with Gasteiger partial charge in [0.1, 0.15) is 5.82 Å². The molecule has 1 aliphatic carbocycles. The van der Waals surface area contributed by atoms with E-state index in [1.807, 2.05) is 0 Å². The third-order valence-corrected chi connectivity index (χ3v) is 5.70. The number of rotatable bonds is 6. The minimum absolute atomic E-state index is 0.125. The number of aliphatic hydroxyl groups excluding tert-OH is 1. The van der Waals surface area contributed by atoms with Crippen molar-refractivity contribution in [1.29, 1.82) is 0 Å². The Hall–Kier alpha value is -0.760. The highest BCUT2D eigenvalue weighted by Crippen LogP contribution is 2.27. The van der Waals surface area contributed by atoms with Gasteiger partial charge in [-0.2, -0.15) is 4.37 Å². The first-order valence-corrected chi connectivity index (χ1v) is 9.54. The van der Waals surface area contributed by atoms with Crippen molar-refractivity contribution >= 4 is 16.7 Å². The molecule has 1 saturated heterocycles. The van der Waals surface area contributed by atoms with Gasteiger partial charge in [0.15, 0.2) is 0 Å². The molecule has 130 valence electrons. The van der Waals surface area contributed by atoms with Crippen molar-refractivity contribution in [3.8, 4) is 0 Å². The Labute approximate surface area is 142 Å². The molecule has 2 heterocycles. The lowest BCUT2D eigenvalue weighted by atomic mass is 9.89. The van der Waals surface area contributed by atoms with E-state index in [4.69, 9.17) is 4.74 Å². The average Bonchev–Trinajstić information content (AvgIpc) is 3.02. The number of nitrogens with one attached hydrogen (secondary N) is 1. The Morgan fingerprint density at radius 2 is 2.04 bits per heavy atom. The highest BCUT2D eigenvalue weighted by Gasteiger charge is 2.31. The van der Waals surface area contributed by atoms with Gasteiger partial charge < -0.3 is 15.2 Å². The second kappa shape index (κ2) is 8.37. The number of ether oxygens (including phenoxy) is 1. The molecule has 2 unspecified atom stereocenters. The molecule has 3 rings (SSSR count). The third kappa shape index (κ3) is 4.62. The van der Waals surface area contributed by atoms with E-state index in [1.165, 1.54) is 24.4 Å². The predicted molar refractivity (Wildman–Crippen MR) is 92.0 cm³/mol. The van der Waals surface area contributed by atoms with E-state index in [2.05, 4.69) is 19.6 Å². The Bertz CT molecular complexity index is 476. The summed E-state index contributed by atoms with van der Waals surface area (Å²) in [6.45, 7) is 2.79. The van der Waals surface area contributed by atoms with Gasteiger partial charge in [-0.25, -0.2) is 4.98 Å². The van der Waals surface area contributed by atoms with Gasteiger partial charge in [-0.3, -0.25) is 4.90 Å². The molecule has 0 bridgehead atoms. The van der Waals surface area contributed by atoms with Crippen LogP contribution >= 0.6 is 11.5 Å². The van der Waals surface area contributed by atoms with Gasteiger partial charge in [0, 0.05) is 50.2 Å². The number of hydrogen-bond donors (Lipinski definition) is 2. The number of aromatic nitrogens is 2. The molecule has 0 spiro atoms. The van der Waals surface area contributed by atoms with E-state index in [1.54, 1.807) is 7.11 Å². The van der Waals surface area contributed by atoms with Gasteiger partial charge in [-0.15, -0.1) is 0 Å². The summed E-state index contributed by atoms with van der Waals surface area (Å²) in [4.78, 5) is 7.02. The minimum atomic E-state index is -0.125. The van der Waals surface area contributed by atoms with E-state index < -0.39 is 0 Å². The lowest BCUT2D eigenvalue weighted by Crippen LogP contribution is -2.50. The van der Waals surface area contributed by atoms with Crippen LogP contribution in [0.25, 0.3) is 0 Å². The van der Waals surface area contributed by atoms with Crippen LogP contribution in [0.3, 0.4) is 0 Å². The Morgan fingerprint density at radius 1 is 1.26 bits per heavy atom. The summed E-state index contributed by atoms with van der Waals surface area (Å²) in [5.74, 6) is 0.863. The Morgan fingerprint density at radius 3 is 2.78 bits per heavy atom. The number of hydrogen-bond acceptors (Lipinski definition) is 7. The quantitative estimate of drug-likeness (QED) is 0.824.